The van der Waals surface area contributed by atoms with Crippen molar-refractivity contribution < 1.29 is 4.79 Å². The lowest BCUT2D eigenvalue weighted by molar-refractivity contribution is 0.0939. The van der Waals surface area contributed by atoms with Crippen LogP contribution in [0.1, 0.15) is 23.8 Å². The molecular weight excluding hydrogens is 338 g/mol. The van der Waals surface area contributed by atoms with Crippen molar-refractivity contribution in [3.63, 3.8) is 0 Å². The van der Waals surface area contributed by atoms with Crippen molar-refractivity contribution in [2.24, 2.45) is 0 Å². The number of nitriles is 1. The van der Waals surface area contributed by atoms with Crippen LogP contribution in [0.2, 0.25) is 0 Å². The molecule has 0 saturated carbocycles. The Bertz CT molecular complexity index is 442. The van der Waals surface area contributed by atoms with Crippen LogP contribution in [0, 0.1) is 11.3 Å². The van der Waals surface area contributed by atoms with Gasteiger partial charge in [0, 0.05) is 10.7 Å². The molecule has 0 unspecified atom stereocenters. The lowest BCUT2D eigenvalue weighted by Gasteiger charge is -2.09. The third kappa shape index (κ3) is 3.29. The summed E-state index contributed by atoms with van der Waals surface area (Å²) in [6.45, 7) is 1.83. The summed E-state index contributed by atoms with van der Waals surface area (Å²) in [4.78, 5) is 15.7. The molecule has 0 spiro atoms. The number of nitrogens with zero attached hydrogens (tertiary/aromatic N) is 2. The van der Waals surface area contributed by atoms with Gasteiger partial charge in [-0.1, -0.05) is 6.92 Å². The van der Waals surface area contributed by atoms with Gasteiger partial charge in [0.1, 0.15) is 11.7 Å². The van der Waals surface area contributed by atoms with E-state index in [2.05, 4.69) is 42.2 Å². The molecule has 0 radical (unpaired) electrons. The van der Waals surface area contributed by atoms with Gasteiger partial charge < -0.3 is 5.32 Å². The van der Waals surface area contributed by atoms with Gasteiger partial charge in [-0.3, -0.25) is 4.79 Å². The molecule has 84 valence electrons. The standard InChI is InChI=1S/C10H9Br2N3O/c1-2-7(4-13)15-10(16)9-8(12)3-6(11)5-14-9/h3,5,7H,2H2,1H3,(H,15,16)/t7-/m0/s1. The minimum Gasteiger partial charge on any atom is -0.335 e. The average molecular weight is 347 g/mol. The van der Waals surface area contributed by atoms with Crippen molar-refractivity contribution in [3.05, 3.63) is 26.9 Å². The van der Waals surface area contributed by atoms with E-state index >= 15 is 0 Å². The van der Waals surface area contributed by atoms with E-state index in [1.54, 1.807) is 6.07 Å². The molecule has 0 aliphatic carbocycles. The monoisotopic (exact) mass is 345 g/mol. The van der Waals surface area contributed by atoms with Crippen molar-refractivity contribution in [2.75, 3.05) is 0 Å². The van der Waals surface area contributed by atoms with E-state index in [0.717, 1.165) is 4.47 Å². The smallest absolute Gasteiger partial charge is 0.272 e. The Kier molecular flexibility index (Phi) is 4.90. The van der Waals surface area contributed by atoms with E-state index in [4.69, 9.17) is 5.26 Å². The summed E-state index contributed by atoms with van der Waals surface area (Å²) >= 11 is 6.49. The van der Waals surface area contributed by atoms with Crippen molar-refractivity contribution in [1.29, 1.82) is 5.26 Å². The van der Waals surface area contributed by atoms with Gasteiger partial charge in [0.25, 0.3) is 5.91 Å². The first-order valence-corrected chi connectivity index (χ1v) is 6.18. The van der Waals surface area contributed by atoms with Crippen molar-refractivity contribution in [1.82, 2.24) is 10.3 Å². The molecule has 1 N–H and O–H groups in total. The van der Waals surface area contributed by atoms with Gasteiger partial charge in [-0.2, -0.15) is 5.26 Å². The molecule has 1 atom stereocenters. The van der Waals surface area contributed by atoms with E-state index in [1.807, 2.05) is 13.0 Å². The SMILES string of the molecule is CC[C@@H](C#N)NC(=O)c1ncc(Br)cc1Br. The first-order valence-electron chi connectivity index (χ1n) is 4.60. The predicted molar refractivity (Wildman–Crippen MR) is 66.8 cm³/mol. The largest absolute Gasteiger partial charge is 0.335 e. The van der Waals surface area contributed by atoms with Gasteiger partial charge in [0.05, 0.1) is 10.5 Å². The summed E-state index contributed by atoms with van der Waals surface area (Å²) in [6.07, 6.45) is 2.10. The molecule has 1 aromatic heterocycles. The van der Waals surface area contributed by atoms with Crippen LogP contribution in [0.25, 0.3) is 0 Å². The van der Waals surface area contributed by atoms with E-state index in [9.17, 15) is 4.79 Å². The summed E-state index contributed by atoms with van der Waals surface area (Å²) in [5, 5.41) is 11.3. The molecule has 4 nitrogen and oxygen atoms in total. The van der Waals surface area contributed by atoms with Crippen LogP contribution in [0.15, 0.2) is 21.2 Å². The Hall–Kier alpha value is -0.930. The number of amides is 1. The molecule has 0 aromatic carbocycles. The maximum absolute atomic E-state index is 11.7. The fourth-order valence-corrected chi connectivity index (χ4v) is 2.20. The maximum atomic E-state index is 11.7. The summed E-state index contributed by atoms with van der Waals surface area (Å²) < 4.78 is 1.37. The quantitative estimate of drug-likeness (QED) is 0.914. The molecule has 6 heteroatoms. The summed E-state index contributed by atoms with van der Waals surface area (Å²) in [6, 6.07) is 3.25. The summed E-state index contributed by atoms with van der Waals surface area (Å²) in [5.74, 6) is -0.354. The predicted octanol–water partition coefficient (Wildman–Crippen LogP) is 2.64. The van der Waals surface area contributed by atoms with Crippen LogP contribution >= 0.6 is 31.9 Å². The zero-order valence-electron chi connectivity index (χ0n) is 8.50. The molecule has 0 fully saturated rings. The second kappa shape index (κ2) is 5.97. The van der Waals surface area contributed by atoms with E-state index in [1.165, 1.54) is 6.20 Å². The summed E-state index contributed by atoms with van der Waals surface area (Å²) in [7, 11) is 0. The lowest BCUT2D eigenvalue weighted by atomic mass is 10.2. The fourth-order valence-electron chi connectivity index (χ4n) is 1.03. The Balaban J connectivity index is 2.85. The molecule has 0 aliphatic rings. The number of carbonyl (C=O) groups is 1. The number of hydrogen-bond donors (Lipinski definition) is 1. The second-order valence-electron chi connectivity index (χ2n) is 3.05. The highest BCUT2D eigenvalue weighted by molar-refractivity contribution is 9.11. The number of carbonyl (C=O) groups excluding carboxylic acids is 1. The van der Waals surface area contributed by atoms with Gasteiger partial charge in [0.15, 0.2) is 0 Å². The van der Waals surface area contributed by atoms with Crippen molar-refractivity contribution >= 4 is 37.8 Å². The molecular formula is C10H9Br2N3O. The Labute approximate surface area is 110 Å². The molecule has 1 amide bonds. The number of halogens is 2. The van der Waals surface area contributed by atoms with Crippen molar-refractivity contribution in [2.45, 2.75) is 19.4 Å². The van der Waals surface area contributed by atoms with Crippen molar-refractivity contribution in [3.8, 4) is 6.07 Å². The minimum atomic E-state index is -0.482. The lowest BCUT2D eigenvalue weighted by Crippen LogP contribution is -2.33. The molecule has 0 bridgehead atoms. The van der Waals surface area contributed by atoms with Crippen LogP contribution in [0.5, 0.6) is 0 Å². The Morgan fingerprint density at radius 3 is 2.88 bits per heavy atom. The van der Waals surface area contributed by atoms with E-state index in [0.29, 0.717) is 10.9 Å². The zero-order chi connectivity index (χ0) is 12.1. The molecule has 1 rings (SSSR count). The topological polar surface area (TPSA) is 65.8 Å². The highest BCUT2D eigenvalue weighted by atomic mass is 79.9. The van der Waals surface area contributed by atoms with Crippen LogP contribution in [0.3, 0.4) is 0 Å². The number of nitrogens with one attached hydrogen (secondary N) is 1. The third-order valence-electron chi connectivity index (χ3n) is 1.89. The maximum Gasteiger partial charge on any atom is 0.272 e. The Morgan fingerprint density at radius 2 is 2.38 bits per heavy atom. The third-order valence-corrected chi connectivity index (χ3v) is 2.93. The normalized spacial score (nSPS) is 11.6. The minimum absolute atomic E-state index is 0.275. The molecule has 16 heavy (non-hydrogen) atoms. The van der Waals surface area contributed by atoms with E-state index in [-0.39, 0.29) is 11.6 Å². The molecule has 1 aromatic rings. The molecule has 0 aliphatic heterocycles. The zero-order valence-corrected chi connectivity index (χ0v) is 11.7. The molecule has 0 saturated heterocycles. The summed E-state index contributed by atoms with van der Waals surface area (Å²) in [5.41, 5.74) is 0.275. The number of rotatable bonds is 3. The number of pyridine rings is 1. The van der Waals surface area contributed by atoms with Crippen LogP contribution in [-0.2, 0) is 0 Å². The first kappa shape index (κ1) is 13.1. The first-order chi connectivity index (χ1) is 7.58. The highest BCUT2D eigenvalue weighted by Crippen LogP contribution is 2.19. The van der Waals surface area contributed by atoms with Gasteiger partial charge in [-0.15, -0.1) is 0 Å². The highest BCUT2D eigenvalue weighted by Gasteiger charge is 2.15. The number of hydrogen-bond acceptors (Lipinski definition) is 3. The van der Waals surface area contributed by atoms with Gasteiger partial charge in [-0.05, 0) is 44.3 Å². The Morgan fingerprint density at radius 1 is 1.69 bits per heavy atom. The number of aromatic nitrogens is 1. The van der Waals surface area contributed by atoms with Gasteiger partial charge >= 0.3 is 0 Å². The van der Waals surface area contributed by atoms with Gasteiger partial charge in [-0.25, -0.2) is 4.98 Å². The van der Waals surface area contributed by atoms with Crippen LogP contribution in [-0.4, -0.2) is 16.9 Å². The van der Waals surface area contributed by atoms with Crippen LogP contribution < -0.4 is 5.32 Å². The fraction of sp³-hybridized carbons (Fsp3) is 0.300. The average Bonchev–Trinajstić information content (AvgIpc) is 2.25. The van der Waals surface area contributed by atoms with E-state index < -0.39 is 6.04 Å². The second-order valence-corrected chi connectivity index (χ2v) is 4.82. The van der Waals surface area contributed by atoms with Gasteiger partial charge in [0.2, 0.25) is 0 Å². The molecule has 1 heterocycles. The van der Waals surface area contributed by atoms with Crippen LogP contribution in [0.4, 0.5) is 0 Å².